The van der Waals surface area contributed by atoms with Gasteiger partial charge in [0.1, 0.15) is 0 Å². The van der Waals surface area contributed by atoms with Gasteiger partial charge in [-0.3, -0.25) is 9.59 Å². The van der Waals surface area contributed by atoms with E-state index in [1.165, 1.54) is 5.69 Å². The normalized spacial score (nSPS) is 19.5. The van der Waals surface area contributed by atoms with E-state index in [-0.39, 0.29) is 24.2 Å². The third-order valence-corrected chi connectivity index (χ3v) is 7.02. The third kappa shape index (κ3) is 4.51. The molecular weight excluding hydrogens is 400 g/mol. The Morgan fingerprint density at radius 3 is 2.47 bits per heavy atom. The van der Waals surface area contributed by atoms with Crippen LogP contribution in [0.5, 0.6) is 0 Å². The van der Waals surface area contributed by atoms with Gasteiger partial charge in [-0.2, -0.15) is 0 Å². The Morgan fingerprint density at radius 2 is 1.78 bits per heavy atom. The molecule has 2 aliphatic heterocycles. The average Bonchev–Trinajstić information content (AvgIpc) is 3.18. The molecule has 6 nitrogen and oxygen atoms in total. The van der Waals surface area contributed by atoms with Gasteiger partial charge in [0, 0.05) is 56.2 Å². The van der Waals surface area contributed by atoms with Crippen LogP contribution in [0.25, 0.3) is 0 Å². The molecule has 0 radical (unpaired) electrons. The number of nitrogens with one attached hydrogen (secondary N) is 1. The highest BCUT2D eigenvalue weighted by Crippen LogP contribution is 2.31. The predicted molar refractivity (Wildman–Crippen MR) is 131 cm³/mol. The fourth-order valence-electron chi connectivity index (χ4n) is 4.69. The van der Waals surface area contributed by atoms with E-state index in [9.17, 15) is 9.59 Å². The Balaban J connectivity index is 1.41. The smallest absolute Gasteiger partial charge is 0.229 e. The van der Waals surface area contributed by atoms with E-state index in [1.54, 1.807) is 4.90 Å². The van der Waals surface area contributed by atoms with Crippen LogP contribution in [0.1, 0.15) is 30.0 Å². The van der Waals surface area contributed by atoms with Crippen molar-refractivity contribution < 1.29 is 9.59 Å². The van der Waals surface area contributed by atoms with Crippen LogP contribution in [0.3, 0.4) is 0 Å². The summed E-state index contributed by atoms with van der Waals surface area (Å²) in [4.78, 5) is 32.3. The van der Waals surface area contributed by atoms with E-state index in [2.05, 4.69) is 34.2 Å². The average molecular weight is 435 g/mol. The highest BCUT2D eigenvalue weighted by Gasteiger charge is 2.36. The second kappa shape index (κ2) is 9.33. The SMILES string of the molecule is CCN1CCN(c2ccc(NC(=O)[C@@H]3CC(=O)N(c4cccc(C)c4C)C3)c(C)c2)CC1. The molecule has 2 fully saturated rings. The van der Waals surface area contributed by atoms with Gasteiger partial charge in [-0.1, -0.05) is 19.1 Å². The number of aryl methyl sites for hydroxylation is 2. The molecule has 2 aromatic rings. The maximum atomic E-state index is 13.0. The third-order valence-electron chi connectivity index (χ3n) is 7.02. The number of benzene rings is 2. The van der Waals surface area contributed by atoms with Crippen LogP contribution in [0.15, 0.2) is 36.4 Å². The van der Waals surface area contributed by atoms with E-state index < -0.39 is 0 Å². The van der Waals surface area contributed by atoms with Gasteiger partial charge in [-0.05, 0) is 68.3 Å². The number of anilines is 3. The first-order chi connectivity index (χ1) is 15.4. The molecule has 2 aliphatic rings. The van der Waals surface area contributed by atoms with E-state index >= 15 is 0 Å². The van der Waals surface area contributed by atoms with Gasteiger partial charge >= 0.3 is 0 Å². The molecule has 0 saturated carbocycles. The molecule has 0 bridgehead atoms. The molecule has 0 spiro atoms. The molecule has 2 saturated heterocycles. The molecule has 2 heterocycles. The first-order valence-electron chi connectivity index (χ1n) is 11.6. The highest BCUT2D eigenvalue weighted by atomic mass is 16.2. The minimum atomic E-state index is -0.344. The summed E-state index contributed by atoms with van der Waals surface area (Å²) in [6.07, 6.45) is 0.248. The molecule has 0 unspecified atom stereocenters. The van der Waals surface area contributed by atoms with Gasteiger partial charge in [0.2, 0.25) is 11.8 Å². The summed E-state index contributed by atoms with van der Waals surface area (Å²) in [5, 5.41) is 3.07. The summed E-state index contributed by atoms with van der Waals surface area (Å²) < 4.78 is 0. The van der Waals surface area contributed by atoms with Crippen molar-refractivity contribution in [3.8, 4) is 0 Å². The summed E-state index contributed by atoms with van der Waals surface area (Å²) in [7, 11) is 0. The molecular formula is C26H34N4O2. The monoisotopic (exact) mass is 434 g/mol. The zero-order chi connectivity index (χ0) is 22.8. The maximum absolute atomic E-state index is 13.0. The molecule has 1 N–H and O–H groups in total. The molecule has 4 rings (SSSR count). The van der Waals surface area contributed by atoms with Gasteiger partial charge in [0.05, 0.1) is 5.92 Å². The van der Waals surface area contributed by atoms with Gasteiger partial charge in [-0.25, -0.2) is 0 Å². The van der Waals surface area contributed by atoms with Crippen molar-refractivity contribution in [2.75, 3.05) is 54.4 Å². The van der Waals surface area contributed by atoms with Crippen molar-refractivity contribution in [2.24, 2.45) is 5.92 Å². The quantitative estimate of drug-likeness (QED) is 0.779. The fraction of sp³-hybridized carbons (Fsp3) is 0.462. The topological polar surface area (TPSA) is 55.9 Å². The molecule has 6 heteroatoms. The lowest BCUT2D eigenvalue weighted by molar-refractivity contribution is -0.122. The number of hydrogen-bond donors (Lipinski definition) is 1. The number of piperazine rings is 1. The summed E-state index contributed by atoms with van der Waals surface area (Å²) >= 11 is 0. The summed E-state index contributed by atoms with van der Waals surface area (Å²) in [6.45, 7) is 14.0. The number of carbonyl (C=O) groups is 2. The number of hydrogen-bond acceptors (Lipinski definition) is 4. The Morgan fingerprint density at radius 1 is 1.03 bits per heavy atom. The lowest BCUT2D eigenvalue weighted by Gasteiger charge is -2.35. The fourth-order valence-corrected chi connectivity index (χ4v) is 4.69. The zero-order valence-corrected chi connectivity index (χ0v) is 19.6. The largest absolute Gasteiger partial charge is 0.369 e. The Hall–Kier alpha value is -2.86. The highest BCUT2D eigenvalue weighted by molar-refractivity contribution is 6.04. The van der Waals surface area contributed by atoms with Crippen molar-refractivity contribution in [3.05, 3.63) is 53.1 Å². The zero-order valence-electron chi connectivity index (χ0n) is 19.6. The second-order valence-corrected chi connectivity index (χ2v) is 9.03. The van der Waals surface area contributed by atoms with Crippen molar-refractivity contribution in [1.29, 1.82) is 0 Å². The molecule has 1 atom stereocenters. The second-order valence-electron chi connectivity index (χ2n) is 9.03. The molecule has 0 aliphatic carbocycles. The lowest BCUT2D eigenvalue weighted by Crippen LogP contribution is -2.46. The predicted octanol–water partition coefficient (Wildman–Crippen LogP) is 3.75. The van der Waals surface area contributed by atoms with E-state index in [0.717, 1.165) is 60.8 Å². The van der Waals surface area contributed by atoms with Crippen LogP contribution >= 0.6 is 0 Å². The molecule has 0 aromatic heterocycles. The van der Waals surface area contributed by atoms with Gasteiger partial charge < -0.3 is 20.0 Å². The van der Waals surface area contributed by atoms with Gasteiger partial charge in [0.15, 0.2) is 0 Å². The Labute approximate surface area is 191 Å². The van der Waals surface area contributed by atoms with Crippen molar-refractivity contribution in [1.82, 2.24) is 4.90 Å². The van der Waals surface area contributed by atoms with Crippen LogP contribution in [0.4, 0.5) is 17.1 Å². The standard InChI is InChI=1S/C26H34N4O2/c1-5-28-11-13-29(14-12-28)22-9-10-23(19(3)15-22)27-26(32)21-16-25(31)30(17-21)24-8-6-7-18(2)20(24)4/h6-10,15,21H,5,11-14,16-17H2,1-4H3,(H,27,32)/t21-/m1/s1. The summed E-state index contributed by atoms with van der Waals surface area (Å²) in [5.74, 6) is -0.417. The van der Waals surface area contributed by atoms with Crippen molar-refractivity contribution >= 4 is 28.9 Å². The number of likely N-dealkylation sites (N-methyl/N-ethyl adjacent to an activating group) is 1. The van der Waals surface area contributed by atoms with Crippen LogP contribution in [-0.4, -0.2) is 56.0 Å². The Kier molecular flexibility index (Phi) is 6.51. The van der Waals surface area contributed by atoms with E-state index in [1.807, 2.05) is 45.0 Å². The number of carbonyl (C=O) groups excluding carboxylic acids is 2. The first kappa shape index (κ1) is 22.3. The van der Waals surface area contributed by atoms with E-state index in [4.69, 9.17) is 0 Å². The maximum Gasteiger partial charge on any atom is 0.229 e. The van der Waals surface area contributed by atoms with Gasteiger partial charge in [0.25, 0.3) is 0 Å². The van der Waals surface area contributed by atoms with Crippen molar-refractivity contribution in [2.45, 2.75) is 34.1 Å². The first-order valence-corrected chi connectivity index (χ1v) is 11.6. The minimum Gasteiger partial charge on any atom is -0.369 e. The molecule has 2 amide bonds. The van der Waals surface area contributed by atoms with Crippen LogP contribution in [0, 0.1) is 26.7 Å². The number of amides is 2. The number of nitrogens with zero attached hydrogens (tertiary/aromatic N) is 3. The summed E-state index contributed by atoms with van der Waals surface area (Å²) in [6, 6.07) is 12.2. The van der Waals surface area contributed by atoms with E-state index in [0.29, 0.717) is 6.54 Å². The number of rotatable bonds is 5. The van der Waals surface area contributed by atoms with Crippen LogP contribution in [0.2, 0.25) is 0 Å². The van der Waals surface area contributed by atoms with Crippen molar-refractivity contribution in [3.63, 3.8) is 0 Å². The molecule has 2 aromatic carbocycles. The molecule has 32 heavy (non-hydrogen) atoms. The Bertz CT molecular complexity index is 1010. The minimum absolute atomic E-state index is 0.0112. The van der Waals surface area contributed by atoms with Crippen LogP contribution < -0.4 is 15.1 Å². The van der Waals surface area contributed by atoms with Gasteiger partial charge in [-0.15, -0.1) is 0 Å². The summed E-state index contributed by atoms with van der Waals surface area (Å²) in [5.41, 5.74) is 6.22. The molecule has 170 valence electrons. The lowest BCUT2D eigenvalue weighted by atomic mass is 10.1. The van der Waals surface area contributed by atoms with Crippen LogP contribution in [-0.2, 0) is 9.59 Å².